The second-order valence-corrected chi connectivity index (χ2v) is 9.34. The van der Waals surface area contributed by atoms with Gasteiger partial charge in [0.2, 0.25) is 11.8 Å². The number of amides is 3. The molecule has 2 aromatic rings. The summed E-state index contributed by atoms with van der Waals surface area (Å²) < 4.78 is 0. The first-order valence-electron chi connectivity index (χ1n) is 12.5. The van der Waals surface area contributed by atoms with Crippen molar-refractivity contribution in [1.29, 1.82) is 0 Å². The molecule has 0 aliphatic carbocycles. The van der Waals surface area contributed by atoms with Crippen molar-refractivity contribution in [3.63, 3.8) is 0 Å². The standard InChI is InChI=1S/C14H18N2O2.C8H11N.C6H9NO3/c1-10-5-3-6-11(2)14(10)15-12(17)9-16-8-4-7-13(16)18;1-6-4-3-5-7(2)8(6)9;8-5(6(9)10)7-3-1-2-4-7/h3,5-6H,4,7-9H2,1-2H3,(H,15,17);3-5H,9H2,1-2H3;1-4H2,(H,9,10). The number of anilines is 2. The SMILES string of the molecule is Cc1cccc(C)c1N.Cc1cccc(C)c1NC(=O)CN1CCCC1=O.O=C(O)C(=O)N1CCCC1. The molecule has 4 rings (SSSR count). The summed E-state index contributed by atoms with van der Waals surface area (Å²) in [5, 5.41) is 11.1. The lowest BCUT2D eigenvalue weighted by Gasteiger charge is -2.16. The van der Waals surface area contributed by atoms with Crippen LogP contribution in [0.4, 0.5) is 11.4 Å². The van der Waals surface area contributed by atoms with Crippen LogP contribution in [0.2, 0.25) is 0 Å². The van der Waals surface area contributed by atoms with E-state index in [1.54, 1.807) is 4.90 Å². The normalized spacial score (nSPS) is 14.3. The van der Waals surface area contributed by atoms with Gasteiger partial charge in [-0.3, -0.25) is 14.4 Å². The van der Waals surface area contributed by atoms with Crippen molar-refractivity contribution in [2.24, 2.45) is 0 Å². The van der Waals surface area contributed by atoms with Crippen molar-refractivity contribution < 1.29 is 24.3 Å². The summed E-state index contributed by atoms with van der Waals surface area (Å²) in [5.74, 6) is -2.16. The summed E-state index contributed by atoms with van der Waals surface area (Å²) in [6.45, 7) is 10.0. The number of hydrogen-bond donors (Lipinski definition) is 3. The highest BCUT2D eigenvalue weighted by Crippen LogP contribution is 2.19. The van der Waals surface area contributed by atoms with Crippen molar-refractivity contribution in [2.75, 3.05) is 37.2 Å². The van der Waals surface area contributed by atoms with Gasteiger partial charge in [-0.2, -0.15) is 0 Å². The highest BCUT2D eigenvalue weighted by molar-refractivity contribution is 6.31. The minimum atomic E-state index is -1.35. The van der Waals surface area contributed by atoms with Gasteiger partial charge in [0, 0.05) is 37.4 Å². The van der Waals surface area contributed by atoms with Gasteiger partial charge in [0.05, 0.1) is 6.54 Å². The minimum Gasteiger partial charge on any atom is -0.474 e. The van der Waals surface area contributed by atoms with E-state index in [0.717, 1.165) is 52.9 Å². The Kier molecular flexibility index (Phi) is 11.1. The highest BCUT2D eigenvalue weighted by Gasteiger charge is 2.23. The molecule has 3 amide bonds. The largest absolute Gasteiger partial charge is 0.474 e. The number of carboxylic acids is 1. The summed E-state index contributed by atoms with van der Waals surface area (Å²) >= 11 is 0. The predicted molar refractivity (Wildman–Crippen MR) is 144 cm³/mol. The van der Waals surface area contributed by atoms with Crippen molar-refractivity contribution in [1.82, 2.24) is 9.80 Å². The third kappa shape index (κ3) is 8.93. The number of carbonyl (C=O) groups excluding carboxylic acids is 3. The molecule has 0 bridgehead atoms. The molecule has 9 nitrogen and oxygen atoms in total. The predicted octanol–water partition coefficient (Wildman–Crippen LogP) is 3.44. The van der Waals surface area contributed by atoms with Gasteiger partial charge >= 0.3 is 11.9 Å². The van der Waals surface area contributed by atoms with Crippen LogP contribution in [0, 0.1) is 27.7 Å². The van der Waals surface area contributed by atoms with E-state index in [9.17, 15) is 19.2 Å². The van der Waals surface area contributed by atoms with E-state index < -0.39 is 11.9 Å². The van der Waals surface area contributed by atoms with Crippen LogP contribution in [0.25, 0.3) is 0 Å². The number of carboxylic acid groups (broad SMARTS) is 1. The van der Waals surface area contributed by atoms with Gasteiger partial charge in [-0.1, -0.05) is 36.4 Å². The third-order valence-corrected chi connectivity index (χ3v) is 6.37. The van der Waals surface area contributed by atoms with Crippen LogP contribution < -0.4 is 11.1 Å². The van der Waals surface area contributed by atoms with Crippen molar-refractivity contribution in [2.45, 2.75) is 53.4 Å². The molecule has 0 atom stereocenters. The average Bonchev–Trinajstić information content (AvgIpc) is 3.53. The molecular weight excluding hydrogens is 472 g/mol. The van der Waals surface area contributed by atoms with Gasteiger partial charge in [0.15, 0.2) is 0 Å². The molecule has 0 aromatic heterocycles. The first-order valence-corrected chi connectivity index (χ1v) is 12.5. The average molecular weight is 511 g/mol. The molecule has 2 aromatic carbocycles. The molecule has 9 heteroatoms. The topological polar surface area (TPSA) is 133 Å². The van der Waals surface area contributed by atoms with Crippen molar-refractivity contribution in [3.8, 4) is 0 Å². The summed E-state index contributed by atoms with van der Waals surface area (Å²) in [5.41, 5.74) is 11.9. The number of carbonyl (C=O) groups is 4. The second-order valence-electron chi connectivity index (χ2n) is 9.34. The number of nitrogens with zero attached hydrogens (tertiary/aromatic N) is 2. The fourth-order valence-corrected chi connectivity index (χ4v) is 4.12. The number of rotatable bonds is 3. The Morgan fingerprint density at radius 3 is 1.81 bits per heavy atom. The number of nitrogen functional groups attached to an aromatic ring is 1. The highest BCUT2D eigenvalue weighted by atomic mass is 16.4. The van der Waals surface area contributed by atoms with E-state index in [-0.39, 0.29) is 18.4 Å². The van der Waals surface area contributed by atoms with Gasteiger partial charge in [-0.25, -0.2) is 4.79 Å². The lowest BCUT2D eigenvalue weighted by molar-refractivity contribution is -0.155. The first-order chi connectivity index (χ1) is 17.5. The van der Waals surface area contributed by atoms with E-state index in [0.29, 0.717) is 26.1 Å². The lowest BCUT2D eigenvalue weighted by atomic mass is 10.1. The van der Waals surface area contributed by atoms with Crippen LogP contribution in [0.15, 0.2) is 36.4 Å². The van der Waals surface area contributed by atoms with Crippen LogP contribution in [0.3, 0.4) is 0 Å². The molecule has 2 aliphatic rings. The Balaban J connectivity index is 0.000000214. The minimum absolute atomic E-state index is 0.0756. The fraction of sp³-hybridized carbons (Fsp3) is 0.429. The van der Waals surface area contributed by atoms with E-state index in [4.69, 9.17) is 10.8 Å². The Morgan fingerprint density at radius 1 is 0.865 bits per heavy atom. The zero-order valence-electron chi connectivity index (χ0n) is 22.2. The first kappa shape index (κ1) is 29.4. The molecule has 0 radical (unpaired) electrons. The Labute approximate surface area is 218 Å². The van der Waals surface area contributed by atoms with E-state index >= 15 is 0 Å². The van der Waals surface area contributed by atoms with Crippen molar-refractivity contribution in [3.05, 3.63) is 58.7 Å². The van der Waals surface area contributed by atoms with Gasteiger partial charge in [0.1, 0.15) is 0 Å². The van der Waals surface area contributed by atoms with E-state index in [1.165, 1.54) is 4.90 Å². The summed E-state index contributed by atoms with van der Waals surface area (Å²) in [4.78, 5) is 47.1. The summed E-state index contributed by atoms with van der Waals surface area (Å²) in [7, 11) is 0. The number of aliphatic carboxylic acids is 1. The number of para-hydroxylation sites is 2. The number of aryl methyl sites for hydroxylation is 4. The molecule has 2 saturated heterocycles. The van der Waals surface area contributed by atoms with E-state index in [2.05, 4.69) is 5.32 Å². The van der Waals surface area contributed by atoms with Gasteiger partial charge in [0.25, 0.3) is 0 Å². The Hall–Kier alpha value is -3.88. The monoisotopic (exact) mass is 510 g/mol. The number of nitrogens with two attached hydrogens (primary N) is 1. The third-order valence-electron chi connectivity index (χ3n) is 6.37. The maximum absolute atomic E-state index is 11.9. The van der Waals surface area contributed by atoms with Crippen LogP contribution in [-0.2, 0) is 19.2 Å². The molecule has 4 N–H and O–H groups in total. The fourth-order valence-electron chi connectivity index (χ4n) is 4.12. The second kappa shape index (κ2) is 14.0. The Morgan fingerprint density at radius 2 is 1.38 bits per heavy atom. The van der Waals surface area contributed by atoms with Crippen LogP contribution in [-0.4, -0.2) is 64.8 Å². The summed E-state index contributed by atoms with van der Waals surface area (Å²) in [6.07, 6.45) is 3.28. The molecule has 37 heavy (non-hydrogen) atoms. The molecule has 0 unspecified atom stereocenters. The maximum atomic E-state index is 11.9. The zero-order valence-corrected chi connectivity index (χ0v) is 22.2. The quantitative estimate of drug-likeness (QED) is 0.428. The molecule has 0 saturated carbocycles. The van der Waals surface area contributed by atoms with Crippen LogP contribution in [0.1, 0.15) is 47.9 Å². The number of nitrogens with one attached hydrogen (secondary N) is 1. The van der Waals surface area contributed by atoms with E-state index in [1.807, 2.05) is 64.1 Å². The zero-order chi connectivity index (χ0) is 27.5. The summed E-state index contributed by atoms with van der Waals surface area (Å²) in [6, 6.07) is 11.9. The maximum Gasteiger partial charge on any atom is 0.394 e. The van der Waals surface area contributed by atoms with Gasteiger partial charge < -0.3 is 26.0 Å². The van der Waals surface area contributed by atoms with Crippen molar-refractivity contribution >= 4 is 35.1 Å². The van der Waals surface area contributed by atoms with Crippen LogP contribution >= 0.6 is 0 Å². The lowest BCUT2D eigenvalue weighted by Crippen LogP contribution is -2.34. The molecule has 2 fully saturated rings. The van der Waals surface area contributed by atoms with Crippen LogP contribution in [0.5, 0.6) is 0 Å². The Bertz CT molecular complexity index is 1090. The molecule has 2 aliphatic heterocycles. The number of benzene rings is 2. The smallest absolute Gasteiger partial charge is 0.394 e. The van der Waals surface area contributed by atoms with Gasteiger partial charge in [-0.15, -0.1) is 0 Å². The number of hydrogen-bond acceptors (Lipinski definition) is 5. The number of likely N-dealkylation sites (tertiary alicyclic amines) is 2. The molecular formula is C28H38N4O5. The molecule has 200 valence electrons. The molecule has 2 heterocycles. The van der Waals surface area contributed by atoms with Gasteiger partial charge in [-0.05, 0) is 69.2 Å². The molecule has 0 spiro atoms.